The Morgan fingerprint density at radius 3 is 2.14 bits per heavy atom. The Kier molecular flexibility index (Phi) is 5.31. The van der Waals surface area contributed by atoms with E-state index in [4.69, 9.17) is 4.74 Å². The molecule has 0 radical (unpaired) electrons. The number of rotatable bonds is 7. The van der Waals surface area contributed by atoms with Gasteiger partial charge in [-0.05, 0) is 18.1 Å². The van der Waals surface area contributed by atoms with E-state index in [1.807, 2.05) is 36.4 Å². The van der Waals surface area contributed by atoms with Crippen LogP contribution in [0.4, 0.5) is 0 Å². The molecule has 116 valence electrons. The Bertz CT molecular complexity index is 595. The van der Waals surface area contributed by atoms with Gasteiger partial charge in [-0.25, -0.2) is 4.79 Å². The SMILES string of the molecule is CC(O)COC(Cc1ccccc1)(C(=O)O)c1ccccc1. The summed E-state index contributed by atoms with van der Waals surface area (Å²) in [5.74, 6) is -1.07. The van der Waals surface area contributed by atoms with Gasteiger partial charge < -0.3 is 14.9 Å². The summed E-state index contributed by atoms with van der Waals surface area (Å²) in [5.41, 5.74) is -0.0917. The van der Waals surface area contributed by atoms with Crippen molar-refractivity contribution in [1.82, 2.24) is 0 Å². The van der Waals surface area contributed by atoms with Crippen LogP contribution < -0.4 is 0 Å². The summed E-state index contributed by atoms with van der Waals surface area (Å²) in [6.45, 7) is 1.52. The maximum atomic E-state index is 12.0. The average molecular weight is 300 g/mol. The number of ether oxygens (including phenoxy) is 1. The average Bonchev–Trinajstić information content (AvgIpc) is 2.53. The third-order valence-electron chi connectivity index (χ3n) is 3.45. The van der Waals surface area contributed by atoms with Gasteiger partial charge in [0.1, 0.15) is 0 Å². The third kappa shape index (κ3) is 3.72. The Labute approximate surface area is 130 Å². The Morgan fingerprint density at radius 2 is 1.64 bits per heavy atom. The van der Waals surface area contributed by atoms with Crippen LogP contribution >= 0.6 is 0 Å². The molecule has 0 aliphatic carbocycles. The molecule has 2 atom stereocenters. The van der Waals surface area contributed by atoms with Gasteiger partial charge in [0.15, 0.2) is 5.60 Å². The van der Waals surface area contributed by atoms with E-state index >= 15 is 0 Å². The lowest BCUT2D eigenvalue weighted by molar-refractivity contribution is -0.171. The fourth-order valence-corrected chi connectivity index (χ4v) is 2.35. The first-order chi connectivity index (χ1) is 10.5. The molecule has 2 aromatic carbocycles. The topological polar surface area (TPSA) is 66.8 Å². The molecule has 2 N–H and O–H groups in total. The molecule has 2 aromatic rings. The molecule has 4 heteroatoms. The van der Waals surface area contributed by atoms with Gasteiger partial charge in [-0.15, -0.1) is 0 Å². The van der Waals surface area contributed by atoms with E-state index < -0.39 is 17.7 Å². The quantitative estimate of drug-likeness (QED) is 0.825. The number of hydrogen-bond acceptors (Lipinski definition) is 3. The van der Waals surface area contributed by atoms with E-state index in [9.17, 15) is 15.0 Å². The third-order valence-corrected chi connectivity index (χ3v) is 3.45. The van der Waals surface area contributed by atoms with Crippen LogP contribution in [0.15, 0.2) is 60.7 Å². The van der Waals surface area contributed by atoms with Crippen molar-refractivity contribution in [2.24, 2.45) is 0 Å². The first-order valence-electron chi connectivity index (χ1n) is 7.19. The van der Waals surface area contributed by atoms with Crippen molar-refractivity contribution in [2.45, 2.75) is 25.0 Å². The molecule has 4 nitrogen and oxygen atoms in total. The minimum atomic E-state index is -1.51. The summed E-state index contributed by atoms with van der Waals surface area (Å²) in [6, 6.07) is 18.2. The molecule has 0 amide bonds. The molecule has 0 aliphatic heterocycles. The van der Waals surface area contributed by atoms with Crippen LogP contribution in [0.3, 0.4) is 0 Å². The second-order valence-corrected chi connectivity index (χ2v) is 5.32. The number of aliphatic carboxylic acids is 1. The maximum Gasteiger partial charge on any atom is 0.341 e. The summed E-state index contributed by atoms with van der Waals surface area (Å²) < 4.78 is 5.69. The number of hydrogen-bond donors (Lipinski definition) is 2. The molecule has 2 unspecified atom stereocenters. The van der Waals surface area contributed by atoms with E-state index in [1.165, 1.54) is 0 Å². The fourth-order valence-electron chi connectivity index (χ4n) is 2.35. The summed E-state index contributed by atoms with van der Waals surface area (Å²) in [4.78, 5) is 12.0. The van der Waals surface area contributed by atoms with Gasteiger partial charge in [0.25, 0.3) is 0 Å². The second kappa shape index (κ2) is 7.20. The molecule has 0 heterocycles. The summed E-state index contributed by atoms with van der Waals surface area (Å²) in [6.07, 6.45) is -0.543. The highest BCUT2D eigenvalue weighted by molar-refractivity contribution is 5.80. The predicted octanol–water partition coefficient (Wildman–Crippen LogP) is 2.61. The van der Waals surface area contributed by atoms with E-state index in [1.54, 1.807) is 31.2 Å². The molecule has 0 fully saturated rings. The molecule has 2 rings (SSSR count). The smallest absolute Gasteiger partial charge is 0.341 e. The minimum Gasteiger partial charge on any atom is -0.479 e. The number of carboxylic acids is 1. The normalized spacial score (nSPS) is 15.0. The van der Waals surface area contributed by atoms with Crippen molar-refractivity contribution in [3.63, 3.8) is 0 Å². The largest absolute Gasteiger partial charge is 0.479 e. The van der Waals surface area contributed by atoms with Crippen LogP contribution in [0.5, 0.6) is 0 Å². The number of aliphatic hydroxyl groups excluding tert-OH is 1. The summed E-state index contributed by atoms with van der Waals surface area (Å²) in [7, 11) is 0. The van der Waals surface area contributed by atoms with Gasteiger partial charge in [0.2, 0.25) is 0 Å². The van der Waals surface area contributed by atoms with Crippen molar-refractivity contribution in [2.75, 3.05) is 6.61 Å². The van der Waals surface area contributed by atoms with Crippen LogP contribution in [0.1, 0.15) is 18.1 Å². The monoisotopic (exact) mass is 300 g/mol. The van der Waals surface area contributed by atoms with Gasteiger partial charge >= 0.3 is 5.97 Å². The molecule has 0 spiro atoms. The molecule has 0 aromatic heterocycles. The van der Waals surface area contributed by atoms with Crippen LogP contribution in [-0.2, 0) is 21.6 Å². The minimum absolute atomic E-state index is 0.0476. The number of aliphatic hydroxyl groups is 1. The lowest BCUT2D eigenvalue weighted by Gasteiger charge is -2.31. The molecule has 0 saturated heterocycles. The molecule has 22 heavy (non-hydrogen) atoms. The Balaban J connectivity index is 2.43. The van der Waals surface area contributed by atoms with Crippen molar-refractivity contribution in [1.29, 1.82) is 0 Å². The van der Waals surface area contributed by atoms with Crippen molar-refractivity contribution in [3.8, 4) is 0 Å². The van der Waals surface area contributed by atoms with Crippen molar-refractivity contribution >= 4 is 5.97 Å². The maximum absolute atomic E-state index is 12.0. The predicted molar refractivity (Wildman–Crippen MR) is 83.5 cm³/mol. The standard InChI is InChI=1S/C18H20O4/c1-14(19)13-22-18(17(20)21,16-10-6-3-7-11-16)12-15-8-4-2-5-9-15/h2-11,14,19H,12-13H2,1H3,(H,20,21). The Morgan fingerprint density at radius 1 is 1.09 bits per heavy atom. The zero-order chi connectivity index (χ0) is 16.0. The first kappa shape index (κ1) is 16.2. The van der Waals surface area contributed by atoms with Crippen molar-refractivity contribution < 1.29 is 19.7 Å². The van der Waals surface area contributed by atoms with E-state index in [0.29, 0.717) is 5.56 Å². The fraction of sp³-hybridized carbons (Fsp3) is 0.278. The number of benzene rings is 2. The van der Waals surface area contributed by atoms with Crippen molar-refractivity contribution in [3.05, 3.63) is 71.8 Å². The Hall–Kier alpha value is -2.17. The van der Waals surface area contributed by atoms with E-state index in [2.05, 4.69) is 0 Å². The molecule has 0 saturated carbocycles. The van der Waals surface area contributed by atoms with Gasteiger partial charge in [0.05, 0.1) is 12.7 Å². The lowest BCUT2D eigenvalue weighted by atomic mass is 9.87. The highest BCUT2D eigenvalue weighted by Crippen LogP contribution is 2.31. The summed E-state index contributed by atoms with van der Waals surface area (Å²) >= 11 is 0. The van der Waals surface area contributed by atoms with Gasteiger partial charge in [-0.2, -0.15) is 0 Å². The molecule has 0 aliphatic rings. The van der Waals surface area contributed by atoms with E-state index in [0.717, 1.165) is 5.56 Å². The van der Waals surface area contributed by atoms with Crippen LogP contribution in [0.2, 0.25) is 0 Å². The van der Waals surface area contributed by atoms with E-state index in [-0.39, 0.29) is 13.0 Å². The van der Waals surface area contributed by atoms with Gasteiger partial charge in [-0.3, -0.25) is 0 Å². The molecular formula is C18H20O4. The molecule has 0 bridgehead atoms. The van der Waals surface area contributed by atoms with Crippen LogP contribution in [0, 0.1) is 0 Å². The van der Waals surface area contributed by atoms with Crippen LogP contribution in [0.25, 0.3) is 0 Å². The summed E-state index contributed by atoms with van der Waals surface area (Å²) in [5, 5.41) is 19.3. The number of carboxylic acid groups (broad SMARTS) is 1. The lowest BCUT2D eigenvalue weighted by Crippen LogP contribution is -2.42. The highest BCUT2D eigenvalue weighted by Gasteiger charge is 2.42. The van der Waals surface area contributed by atoms with Gasteiger partial charge in [-0.1, -0.05) is 60.7 Å². The van der Waals surface area contributed by atoms with Crippen LogP contribution in [-0.4, -0.2) is 28.9 Å². The molecular weight excluding hydrogens is 280 g/mol. The van der Waals surface area contributed by atoms with Gasteiger partial charge in [0, 0.05) is 6.42 Å². The highest BCUT2D eigenvalue weighted by atomic mass is 16.5. The first-order valence-corrected chi connectivity index (χ1v) is 7.19. The zero-order valence-electron chi connectivity index (χ0n) is 12.5. The second-order valence-electron chi connectivity index (χ2n) is 5.32. The number of carbonyl (C=O) groups is 1. The zero-order valence-corrected chi connectivity index (χ0v) is 12.5.